The molecule has 27 heavy (non-hydrogen) atoms. The van der Waals surface area contributed by atoms with Gasteiger partial charge < -0.3 is 9.80 Å². The maximum Gasteiger partial charge on any atom is 0.226 e. The number of nitrogens with zero attached hydrogens (tertiary/aromatic N) is 8. The van der Waals surface area contributed by atoms with Crippen molar-refractivity contribution in [2.45, 2.75) is 38.0 Å². The second kappa shape index (κ2) is 6.44. The van der Waals surface area contributed by atoms with E-state index in [9.17, 15) is 0 Å². The van der Waals surface area contributed by atoms with Crippen LogP contribution >= 0.6 is 0 Å². The summed E-state index contributed by atoms with van der Waals surface area (Å²) in [6.45, 7) is 1.91. The molecule has 0 unspecified atom stereocenters. The molecule has 0 radical (unpaired) electrons. The molecule has 0 bridgehead atoms. The number of aryl methyl sites for hydroxylation is 2. The first-order chi connectivity index (χ1) is 13.2. The van der Waals surface area contributed by atoms with E-state index in [2.05, 4.69) is 31.1 Å². The van der Waals surface area contributed by atoms with Gasteiger partial charge in [0.25, 0.3) is 0 Å². The molecule has 3 aromatic heterocycles. The topological polar surface area (TPSA) is 75.3 Å². The van der Waals surface area contributed by atoms with Crippen LogP contribution in [0.3, 0.4) is 0 Å². The quantitative estimate of drug-likeness (QED) is 0.702. The van der Waals surface area contributed by atoms with E-state index in [0.717, 1.165) is 62.0 Å². The lowest BCUT2D eigenvalue weighted by molar-refractivity contribution is 0.474. The predicted molar refractivity (Wildman–Crippen MR) is 103 cm³/mol. The number of aromatic nitrogens is 6. The fourth-order valence-electron chi connectivity index (χ4n) is 4.15. The average molecular weight is 364 g/mol. The first-order valence-electron chi connectivity index (χ1n) is 9.68. The summed E-state index contributed by atoms with van der Waals surface area (Å²) >= 11 is 0. The van der Waals surface area contributed by atoms with Crippen LogP contribution in [0.4, 0.5) is 11.8 Å². The molecule has 0 N–H and O–H groups in total. The van der Waals surface area contributed by atoms with Crippen molar-refractivity contribution < 1.29 is 0 Å². The van der Waals surface area contributed by atoms with Crippen molar-refractivity contribution in [3.63, 3.8) is 0 Å². The lowest BCUT2D eigenvalue weighted by Crippen LogP contribution is -2.34. The van der Waals surface area contributed by atoms with Crippen molar-refractivity contribution in [3.8, 4) is 0 Å². The highest BCUT2D eigenvalue weighted by Crippen LogP contribution is 2.30. The molecular weight excluding hydrogens is 340 g/mol. The Labute approximate surface area is 158 Å². The predicted octanol–water partition coefficient (Wildman–Crippen LogP) is 1.85. The van der Waals surface area contributed by atoms with Crippen LogP contribution in [0.2, 0.25) is 0 Å². The highest BCUT2D eigenvalue weighted by molar-refractivity contribution is 5.45. The van der Waals surface area contributed by atoms with Crippen LogP contribution in [0, 0.1) is 0 Å². The Morgan fingerprint density at radius 1 is 1.11 bits per heavy atom. The fourth-order valence-corrected chi connectivity index (χ4v) is 4.15. The normalized spacial score (nSPS) is 17.5. The summed E-state index contributed by atoms with van der Waals surface area (Å²) in [6.07, 6.45) is 7.28. The van der Waals surface area contributed by atoms with Crippen LogP contribution in [0.15, 0.2) is 18.3 Å². The fraction of sp³-hybridized carbons (Fsp3) is 0.526. The number of piperidine rings is 1. The Bertz CT molecular complexity index is 971. The molecule has 4 heterocycles. The smallest absolute Gasteiger partial charge is 0.226 e. The minimum absolute atomic E-state index is 0.387. The van der Waals surface area contributed by atoms with Crippen molar-refractivity contribution >= 4 is 17.4 Å². The van der Waals surface area contributed by atoms with Gasteiger partial charge in [0.2, 0.25) is 5.95 Å². The Balaban J connectivity index is 1.35. The van der Waals surface area contributed by atoms with Crippen LogP contribution in [0.1, 0.15) is 42.3 Å². The number of hydrogen-bond donors (Lipinski definition) is 0. The molecule has 0 atom stereocenters. The van der Waals surface area contributed by atoms with Gasteiger partial charge in [0.05, 0.1) is 5.69 Å². The van der Waals surface area contributed by atoms with Crippen molar-refractivity contribution in [3.05, 3.63) is 35.4 Å². The summed E-state index contributed by atoms with van der Waals surface area (Å²) in [7, 11) is 3.93. The lowest BCUT2D eigenvalue weighted by atomic mass is 9.96. The van der Waals surface area contributed by atoms with Crippen LogP contribution in [-0.4, -0.2) is 57.0 Å². The molecule has 1 fully saturated rings. The number of hydrogen-bond acceptors (Lipinski definition) is 7. The molecule has 8 nitrogen and oxygen atoms in total. The van der Waals surface area contributed by atoms with Crippen molar-refractivity contribution in [1.82, 2.24) is 29.8 Å². The summed E-state index contributed by atoms with van der Waals surface area (Å²) in [5, 5.41) is 13.7. The van der Waals surface area contributed by atoms with E-state index in [-0.39, 0.29) is 0 Å². The van der Waals surface area contributed by atoms with Gasteiger partial charge in [0, 0.05) is 39.3 Å². The number of fused-ring (bicyclic) bond motifs is 2. The highest BCUT2D eigenvalue weighted by Gasteiger charge is 2.27. The maximum atomic E-state index is 4.85. The van der Waals surface area contributed by atoms with E-state index in [4.69, 9.17) is 5.10 Å². The van der Waals surface area contributed by atoms with Gasteiger partial charge in [0.1, 0.15) is 5.82 Å². The zero-order valence-corrected chi connectivity index (χ0v) is 15.8. The first-order valence-corrected chi connectivity index (χ1v) is 9.68. The van der Waals surface area contributed by atoms with E-state index in [1.165, 1.54) is 17.7 Å². The molecule has 0 spiro atoms. The van der Waals surface area contributed by atoms with E-state index < -0.39 is 0 Å². The molecular formula is C19H24N8. The number of rotatable bonds is 3. The first kappa shape index (κ1) is 16.4. The molecule has 0 saturated carbocycles. The van der Waals surface area contributed by atoms with Gasteiger partial charge in [-0.25, -0.2) is 4.98 Å². The van der Waals surface area contributed by atoms with E-state index in [1.807, 2.05) is 35.8 Å². The average Bonchev–Trinajstić information content (AvgIpc) is 3.32. The van der Waals surface area contributed by atoms with E-state index in [1.54, 1.807) is 0 Å². The lowest BCUT2D eigenvalue weighted by Gasteiger charge is -2.32. The van der Waals surface area contributed by atoms with Gasteiger partial charge in [-0.1, -0.05) is 0 Å². The molecule has 2 aliphatic rings. The third-order valence-corrected chi connectivity index (χ3v) is 5.66. The van der Waals surface area contributed by atoms with Gasteiger partial charge in [-0.15, -0.1) is 10.2 Å². The van der Waals surface area contributed by atoms with Crippen LogP contribution < -0.4 is 9.80 Å². The monoisotopic (exact) mass is 364 g/mol. The largest absolute Gasteiger partial charge is 0.356 e. The van der Waals surface area contributed by atoms with E-state index >= 15 is 0 Å². The zero-order valence-electron chi connectivity index (χ0n) is 15.8. The molecule has 1 saturated heterocycles. The molecule has 0 amide bonds. The van der Waals surface area contributed by atoms with Crippen LogP contribution in [0.25, 0.3) is 5.65 Å². The maximum absolute atomic E-state index is 4.85. The summed E-state index contributed by atoms with van der Waals surface area (Å²) in [5.41, 5.74) is 3.45. The van der Waals surface area contributed by atoms with Crippen LogP contribution in [0.5, 0.6) is 0 Å². The molecule has 0 aromatic carbocycles. The molecule has 140 valence electrons. The SMILES string of the molecule is CN(C)c1nccc(N2CCC(c3nnc4cc5c(nn34)CCC5)CC2)n1. The van der Waals surface area contributed by atoms with E-state index in [0.29, 0.717) is 5.92 Å². The summed E-state index contributed by atoms with van der Waals surface area (Å²) in [5.74, 6) is 3.14. The van der Waals surface area contributed by atoms with Gasteiger partial charge in [-0.2, -0.15) is 14.6 Å². The number of anilines is 2. The molecule has 5 rings (SSSR count). The standard InChI is InChI=1S/C19H24N8/c1-25(2)19-20-9-6-16(21-19)26-10-7-13(8-11-26)18-23-22-17-12-14-4-3-5-15(14)24-27(17)18/h6,9,12-13H,3-5,7-8,10-11H2,1-2H3. The third kappa shape index (κ3) is 2.89. The Morgan fingerprint density at radius 3 is 2.78 bits per heavy atom. The van der Waals surface area contributed by atoms with Crippen molar-refractivity contribution in [2.75, 3.05) is 37.0 Å². The summed E-state index contributed by atoms with van der Waals surface area (Å²) in [4.78, 5) is 13.2. The van der Waals surface area contributed by atoms with Crippen molar-refractivity contribution in [1.29, 1.82) is 0 Å². The zero-order chi connectivity index (χ0) is 18.4. The van der Waals surface area contributed by atoms with Gasteiger partial charge in [-0.05, 0) is 49.8 Å². The Hall–Kier alpha value is -2.77. The van der Waals surface area contributed by atoms with Crippen molar-refractivity contribution in [2.24, 2.45) is 0 Å². The van der Waals surface area contributed by atoms with Gasteiger partial charge >= 0.3 is 0 Å². The van der Waals surface area contributed by atoms with Gasteiger partial charge in [0.15, 0.2) is 11.5 Å². The minimum Gasteiger partial charge on any atom is -0.356 e. The highest BCUT2D eigenvalue weighted by atomic mass is 15.4. The minimum atomic E-state index is 0.387. The van der Waals surface area contributed by atoms with Gasteiger partial charge in [-0.3, -0.25) is 0 Å². The second-order valence-electron chi connectivity index (χ2n) is 7.67. The molecule has 8 heteroatoms. The molecule has 1 aliphatic heterocycles. The summed E-state index contributed by atoms with van der Waals surface area (Å²) in [6, 6.07) is 4.16. The Kier molecular flexibility index (Phi) is 3.91. The molecule has 3 aromatic rings. The molecule has 1 aliphatic carbocycles. The Morgan fingerprint density at radius 2 is 1.96 bits per heavy atom. The van der Waals surface area contributed by atoms with Crippen LogP contribution in [-0.2, 0) is 12.8 Å². The summed E-state index contributed by atoms with van der Waals surface area (Å²) < 4.78 is 1.99. The second-order valence-corrected chi connectivity index (χ2v) is 7.67. The third-order valence-electron chi connectivity index (χ3n) is 5.66.